The highest BCUT2D eigenvalue weighted by atomic mass is 35.5. The number of ketones is 1. The average Bonchev–Trinajstić information content (AvgIpc) is 2.73. The Kier molecular flexibility index (Phi) is 5.72. The molecule has 1 aliphatic carbocycles. The molecule has 0 saturated heterocycles. The molecule has 0 saturated carbocycles. The van der Waals surface area contributed by atoms with Crippen molar-refractivity contribution in [2.24, 2.45) is 5.73 Å². The van der Waals surface area contributed by atoms with Crippen molar-refractivity contribution in [3.63, 3.8) is 0 Å². The van der Waals surface area contributed by atoms with Crippen LogP contribution < -0.4 is 10.5 Å². The Hall–Kier alpha value is -2.94. The number of Topliss-reactive ketones (excluding diaryl/α,β-unsaturated/α-hetero) is 1. The number of ether oxygens (including phenoxy) is 2. The molecule has 0 radical (unpaired) electrons. The van der Waals surface area contributed by atoms with Crippen molar-refractivity contribution >= 4 is 29.0 Å². The van der Waals surface area contributed by atoms with Gasteiger partial charge in [0.2, 0.25) is 5.88 Å². The zero-order chi connectivity index (χ0) is 21.3. The lowest BCUT2D eigenvalue weighted by Crippen LogP contribution is -2.27. The molecule has 5 nitrogen and oxygen atoms in total. The number of halogens is 2. The molecule has 30 heavy (non-hydrogen) atoms. The van der Waals surface area contributed by atoms with Gasteiger partial charge in [0, 0.05) is 29.0 Å². The van der Waals surface area contributed by atoms with Gasteiger partial charge in [-0.15, -0.1) is 0 Å². The van der Waals surface area contributed by atoms with Gasteiger partial charge in [0.25, 0.3) is 0 Å². The van der Waals surface area contributed by atoms with E-state index in [9.17, 15) is 10.1 Å². The van der Waals surface area contributed by atoms with Gasteiger partial charge >= 0.3 is 0 Å². The van der Waals surface area contributed by atoms with E-state index in [2.05, 4.69) is 6.07 Å². The third-order valence-corrected chi connectivity index (χ3v) is 5.90. The van der Waals surface area contributed by atoms with Crippen molar-refractivity contribution in [1.82, 2.24) is 0 Å². The molecule has 1 aliphatic heterocycles. The second kappa shape index (κ2) is 8.43. The Morgan fingerprint density at radius 1 is 1.17 bits per heavy atom. The van der Waals surface area contributed by atoms with E-state index in [1.807, 2.05) is 18.2 Å². The van der Waals surface area contributed by atoms with Gasteiger partial charge in [0.05, 0.1) is 10.9 Å². The quantitative estimate of drug-likeness (QED) is 0.688. The summed E-state index contributed by atoms with van der Waals surface area (Å²) in [4.78, 5) is 12.6. The first-order chi connectivity index (χ1) is 14.5. The van der Waals surface area contributed by atoms with Gasteiger partial charge in [-0.1, -0.05) is 47.5 Å². The maximum absolute atomic E-state index is 12.6. The maximum atomic E-state index is 12.6. The smallest absolute Gasteiger partial charge is 0.205 e. The summed E-state index contributed by atoms with van der Waals surface area (Å²) in [6.07, 6.45) is 1.74. The minimum absolute atomic E-state index is 0.0309. The van der Waals surface area contributed by atoms with Crippen LogP contribution in [-0.4, -0.2) is 5.78 Å². The number of benzene rings is 2. The van der Waals surface area contributed by atoms with Crippen LogP contribution in [0.4, 0.5) is 0 Å². The highest BCUT2D eigenvalue weighted by molar-refractivity contribution is 6.32. The average molecular weight is 441 g/mol. The molecule has 152 valence electrons. The zero-order valence-electron chi connectivity index (χ0n) is 16.0. The van der Waals surface area contributed by atoms with Gasteiger partial charge in [0.1, 0.15) is 29.8 Å². The Bertz CT molecular complexity index is 1130. The van der Waals surface area contributed by atoms with Crippen LogP contribution >= 0.6 is 23.2 Å². The van der Waals surface area contributed by atoms with E-state index in [4.69, 9.17) is 38.4 Å². The van der Waals surface area contributed by atoms with Crippen LogP contribution in [-0.2, 0) is 16.1 Å². The number of rotatable bonds is 4. The highest BCUT2D eigenvalue weighted by Crippen LogP contribution is 2.44. The summed E-state index contributed by atoms with van der Waals surface area (Å²) in [5.41, 5.74) is 8.22. The predicted molar refractivity (Wildman–Crippen MR) is 114 cm³/mol. The predicted octanol–water partition coefficient (Wildman–Crippen LogP) is 5.39. The normalized spacial score (nSPS) is 18.6. The summed E-state index contributed by atoms with van der Waals surface area (Å²) < 4.78 is 11.4. The highest BCUT2D eigenvalue weighted by Gasteiger charge is 2.38. The van der Waals surface area contributed by atoms with Crippen LogP contribution in [0.1, 0.15) is 36.3 Å². The molecule has 2 aromatic rings. The van der Waals surface area contributed by atoms with E-state index in [0.29, 0.717) is 52.0 Å². The standard InChI is InChI=1S/C23H18Cl2N2O3/c24-16-5-2-1-4-14(16)12-29-19-9-8-13(10-17(19)25)21-15(11-26)23(27)30-20-7-3-6-18(28)22(20)21/h1-2,4-5,8-10,21H,3,6-7,12,27H2/t21-/m1/s1. The van der Waals surface area contributed by atoms with E-state index >= 15 is 0 Å². The third-order valence-electron chi connectivity index (χ3n) is 5.24. The number of hydrogen-bond acceptors (Lipinski definition) is 5. The van der Waals surface area contributed by atoms with Crippen molar-refractivity contribution in [3.8, 4) is 11.8 Å². The molecule has 0 bridgehead atoms. The molecule has 1 heterocycles. The molecule has 2 aliphatic rings. The molecular formula is C23H18Cl2N2O3. The number of nitrogens with zero attached hydrogens (tertiary/aromatic N) is 1. The molecule has 1 atom stereocenters. The van der Waals surface area contributed by atoms with Crippen molar-refractivity contribution < 1.29 is 14.3 Å². The Morgan fingerprint density at radius 2 is 1.97 bits per heavy atom. The SMILES string of the molecule is N#CC1=C(N)OC2=C(C(=O)CCC2)[C@@H]1c1ccc(OCc2ccccc2Cl)c(Cl)c1. The number of nitrogens with two attached hydrogens (primary N) is 1. The lowest BCUT2D eigenvalue weighted by atomic mass is 9.77. The minimum atomic E-state index is -0.596. The monoisotopic (exact) mass is 440 g/mol. The van der Waals surface area contributed by atoms with Crippen LogP contribution in [0.2, 0.25) is 10.0 Å². The molecule has 0 amide bonds. The molecule has 2 N–H and O–H groups in total. The fourth-order valence-electron chi connectivity index (χ4n) is 3.77. The topological polar surface area (TPSA) is 85.3 Å². The van der Waals surface area contributed by atoms with Crippen LogP contribution in [0, 0.1) is 11.3 Å². The maximum Gasteiger partial charge on any atom is 0.205 e. The van der Waals surface area contributed by atoms with E-state index in [1.54, 1.807) is 24.3 Å². The summed E-state index contributed by atoms with van der Waals surface area (Å²) in [5, 5.41) is 10.6. The second-order valence-corrected chi connectivity index (χ2v) is 7.92. The van der Waals surface area contributed by atoms with E-state index in [-0.39, 0.29) is 23.8 Å². The number of nitriles is 1. The molecule has 0 spiro atoms. The molecule has 0 fully saturated rings. The molecule has 0 unspecified atom stereocenters. The minimum Gasteiger partial charge on any atom is -0.487 e. The lowest BCUT2D eigenvalue weighted by molar-refractivity contribution is -0.116. The summed E-state index contributed by atoms with van der Waals surface area (Å²) >= 11 is 12.6. The van der Waals surface area contributed by atoms with Gasteiger partial charge in [-0.2, -0.15) is 5.26 Å². The van der Waals surface area contributed by atoms with Gasteiger partial charge in [-0.25, -0.2) is 0 Å². The first kappa shape index (κ1) is 20.3. The van der Waals surface area contributed by atoms with E-state index in [0.717, 1.165) is 5.56 Å². The molecular weight excluding hydrogens is 423 g/mol. The van der Waals surface area contributed by atoms with Crippen molar-refractivity contribution in [3.05, 3.63) is 86.4 Å². The second-order valence-electron chi connectivity index (χ2n) is 7.11. The first-order valence-electron chi connectivity index (χ1n) is 9.49. The Morgan fingerprint density at radius 3 is 2.70 bits per heavy atom. The summed E-state index contributed by atoms with van der Waals surface area (Å²) in [7, 11) is 0. The summed E-state index contributed by atoms with van der Waals surface area (Å²) in [6.45, 7) is 0.264. The van der Waals surface area contributed by atoms with Gasteiger partial charge in [-0.05, 0) is 30.2 Å². The fraction of sp³-hybridized carbons (Fsp3) is 0.217. The molecule has 0 aromatic heterocycles. The first-order valence-corrected chi connectivity index (χ1v) is 10.2. The molecule has 2 aromatic carbocycles. The summed E-state index contributed by atoms with van der Waals surface area (Å²) in [6, 6.07) is 14.7. The van der Waals surface area contributed by atoms with Gasteiger partial charge in [0.15, 0.2) is 5.78 Å². The number of allylic oxidation sites excluding steroid dienone is 3. The fourth-order valence-corrected chi connectivity index (χ4v) is 4.21. The van der Waals surface area contributed by atoms with Crippen LogP contribution in [0.25, 0.3) is 0 Å². The molecule has 7 heteroatoms. The van der Waals surface area contributed by atoms with Crippen LogP contribution in [0.15, 0.2) is 65.3 Å². The van der Waals surface area contributed by atoms with Crippen molar-refractivity contribution in [2.45, 2.75) is 31.8 Å². The van der Waals surface area contributed by atoms with Gasteiger partial charge in [-0.3, -0.25) is 4.79 Å². The largest absolute Gasteiger partial charge is 0.487 e. The third kappa shape index (κ3) is 3.77. The number of carbonyl (C=O) groups is 1. The van der Waals surface area contributed by atoms with Crippen LogP contribution in [0.5, 0.6) is 5.75 Å². The van der Waals surface area contributed by atoms with Gasteiger partial charge < -0.3 is 15.2 Å². The van der Waals surface area contributed by atoms with Crippen LogP contribution in [0.3, 0.4) is 0 Å². The van der Waals surface area contributed by atoms with Crippen molar-refractivity contribution in [2.75, 3.05) is 0 Å². The Balaban J connectivity index is 1.66. The zero-order valence-corrected chi connectivity index (χ0v) is 17.5. The Labute approximate surface area is 184 Å². The van der Waals surface area contributed by atoms with E-state index < -0.39 is 5.92 Å². The van der Waals surface area contributed by atoms with E-state index in [1.165, 1.54) is 0 Å². The lowest BCUT2D eigenvalue weighted by Gasteiger charge is -2.31. The summed E-state index contributed by atoms with van der Waals surface area (Å²) in [5.74, 6) is 0.430. The van der Waals surface area contributed by atoms with Crippen molar-refractivity contribution in [1.29, 1.82) is 5.26 Å². The number of hydrogen-bond donors (Lipinski definition) is 1. The number of carbonyl (C=O) groups excluding carboxylic acids is 1. The molecule has 4 rings (SSSR count).